The highest BCUT2D eigenvalue weighted by molar-refractivity contribution is 7.80. The molecule has 0 saturated heterocycles. The Kier molecular flexibility index (Phi) is 5.46. The van der Waals surface area contributed by atoms with Crippen molar-refractivity contribution in [3.63, 3.8) is 0 Å². The zero-order valence-electron chi connectivity index (χ0n) is 6.73. The van der Waals surface area contributed by atoms with Crippen LogP contribution in [0.25, 0.3) is 0 Å². The van der Waals surface area contributed by atoms with Gasteiger partial charge in [0, 0.05) is 13.5 Å². The van der Waals surface area contributed by atoms with E-state index in [4.69, 9.17) is 12.2 Å². The first-order chi connectivity index (χ1) is 5.16. The molecular formula is C6H13N3OS. The Morgan fingerprint density at radius 2 is 2.09 bits per heavy atom. The van der Waals surface area contributed by atoms with Crippen molar-refractivity contribution >= 4 is 23.2 Å². The topological polar surface area (TPSA) is 53.2 Å². The fourth-order valence-electron chi connectivity index (χ4n) is 0.428. The first-order valence-electron chi connectivity index (χ1n) is 3.47. The summed E-state index contributed by atoms with van der Waals surface area (Å²) in [6, 6.07) is 0. The quantitative estimate of drug-likeness (QED) is 0.405. The van der Waals surface area contributed by atoms with Crippen LogP contribution in [0.1, 0.15) is 20.3 Å². The number of hydrogen-bond acceptors (Lipinski definition) is 2. The molecule has 0 aliphatic rings. The van der Waals surface area contributed by atoms with Crippen LogP contribution in [0.4, 0.5) is 0 Å². The van der Waals surface area contributed by atoms with Gasteiger partial charge in [-0.1, -0.05) is 6.92 Å². The Bertz CT molecular complexity index is 149. The van der Waals surface area contributed by atoms with E-state index in [1.165, 1.54) is 6.92 Å². The van der Waals surface area contributed by atoms with Gasteiger partial charge >= 0.3 is 0 Å². The summed E-state index contributed by atoms with van der Waals surface area (Å²) in [4.78, 5) is 10.4. The zero-order valence-corrected chi connectivity index (χ0v) is 7.55. The molecule has 0 aromatic heterocycles. The molecule has 0 radical (unpaired) electrons. The number of rotatable bonds is 2. The predicted octanol–water partition coefficient (Wildman–Crippen LogP) is -0.0884. The number of carbonyl (C=O) groups is 1. The largest absolute Gasteiger partial charge is 0.361 e. The lowest BCUT2D eigenvalue weighted by Crippen LogP contribution is -2.46. The Labute approximate surface area is 71.7 Å². The maximum absolute atomic E-state index is 10.4. The highest BCUT2D eigenvalue weighted by Crippen LogP contribution is 1.69. The van der Waals surface area contributed by atoms with Gasteiger partial charge in [0.1, 0.15) is 0 Å². The summed E-state index contributed by atoms with van der Waals surface area (Å²) < 4.78 is 0. The smallest absolute Gasteiger partial charge is 0.235 e. The van der Waals surface area contributed by atoms with Crippen LogP contribution in [-0.4, -0.2) is 17.6 Å². The van der Waals surface area contributed by atoms with Crippen LogP contribution in [-0.2, 0) is 4.79 Å². The molecule has 0 fully saturated rings. The molecule has 0 aliphatic carbocycles. The van der Waals surface area contributed by atoms with Crippen LogP contribution in [0.15, 0.2) is 0 Å². The third-order valence-electron chi connectivity index (χ3n) is 0.888. The summed E-state index contributed by atoms with van der Waals surface area (Å²) in [5, 5.41) is 3.34. The minimum absolute atomic E-state index is 0.161. The van der Waals surface area contributed by atoms with E-state index in [0.29, 0.717) is 5.11 Å². The molecule has 0 bridgehead atoms. The molecule has 0 atom stereocenters. The second-order valence-electron chi connectivity index (χ2n) is 2.06. The van der Waals surface area contributed by atoms with Crippen LogP contribution in [0.5, 0.6) is 0 Å². The van der Waals surface area contributed by atoms with Crippen molar-refractivity contribution in [3.8, 4) is 0 Å². The number of amides is 1. The maximum Gasteiger partial charge on any atom is 0.235 e. The van der Waals surface area contributed by atoms with Crippen LogP contribution >= 0.6 is 12.2 Å². The second-order valence-corrected chi connectivity index (χ2v) is 2.47. The van der Waals surface area contributed by atoms with Crippen molar-refractivity contribution in [1.82, 2.24) is 16.2 Å². The minimum atomic E-state index is -0.161. The summed E-state index contributed by atoms with van der Waals surface area (Å²) in [5.41, 5.74) is 4.90. The fraction of sp³-hybridized carbons (Fsp3) is 0.667. The minimum Gasteiger partial charge on any atom is -0.361 e. The standard InChI is InChI=1S/C6H13N3OS/c1-3-4-7-6(11)9-8-5(2)10/h3-4H2,1-2H3,(H,8,10)(H2,7,9,11). The zero-order chi connectivity index (χ0) is 8.69. The van der Waals surface area contributed by atoms with Gasteiger partial charge in [-0.25, -0.2) is 0 Å². The average Bonchev–Trinajstić information content (AvgIpc) is 1.97. The second kappa shape index (κ2) is 5.91. The van der Waals surface area contributed by atoms with E-state index in [0.717, 1.165) is 13.0 Å². The van der Waals surface area contributed by atoms with Gasteiger partial charge < -0.3 is 5.32 Å². The number of carbonyl (C=O) groups excluding carboxylic acids is 1. The highest BCUT2D eigenvalue weighted by Gasteiger charge is 1.92. The Morgan fingerprint density at radius 1 is 1.45 bits per heavy atom. The first kappa shape index (κ1) is 10.2. The molecule has 0 aliphatic heterocycles. The lowest BCUT2D eigenvalue weighted by molar-refractivity contribution is -0.119. The van der Waals surface area contributed by atoms with Gasteiger partial charge in [0.05, 0.1) is 0 Å². The van der Waals surface area contributed by atoms with E-state index in [9.17, 15) is 4.79 Å². The summed E-state index contributed by atoms with van der Waals surface area (Å²) in [6.07, 6.45) is 1.00. The number of hydrazine groups is 1. The molecule has 0 spiro atoms. The molecule has 5 heteroatoms. The highest BCUT2D eigenvalue weighted by atomic mass is 32.1. The third kappa shape index (κ3) is 7.05. The van der Waals surface area contributed by atoms with E-state index in [1.54, 1.807) is 0 Å². The molecule has 0 heterocycles. The molecular weight excluding hydrogens is 162 g/mol. The van der Waals surface area contributed by atoms with Crippen molar-refractivity contribution in [3.05, 3.63) is 0 Å². The SMILES string of the molecule is CCCNC(=S)NNC(C)=O. The lowest BCUT2D eigenvalue weighted by Gasteiger charge is -2.08. The van der Waals surface area contributed by atoms with E-state index in [1.807, 2.05) is 6.92 Å². The average molecular weight is 175 g/mol. The van der Waals surface area contributed by atoms with Crippen LogP contribution in [0, 0.1) is 0 Å². The first-order valence-corrected chi connectivity index (χ1v) is 3.88. The number of thiocarbonyl (C=S) groups is 1. The van der Waals surface area contributed by atoms with Crippen LogP contribution < -0.4 is 16.2 Å². The molecule has 0 saturated carbocycles. The van der Waals surface area contributed by atoms with Gasteiger partial charge in [-0.05, 0) is 18.6 Å². The molecule has 0 aromatic rings. The normalized spacial score (nSPS) is 8.55. The van der Waals surface area contributed by atoms with Crippen LogP contribution in [0.3, 0.4) is 0 Å². The number of hydrogen-bond donors (Lipinski definition) is 3. The number of nitrogens with one attached hydrogen (secondary N) is 3. The third-order valence-corrected chi connectivity index (χ3v) is 1.13. The summed E-state index contributed by atoms with van der Waals surface area (Å²) >= 11 is 4.80. The summed E-state index contributed by atoms with van der Waals surface area (Å²) in [6.45, 7) is 4.26. The lowest BCUT2D eigenvalue weighted by atomic mass is 10.5. The van der Waals surface area contributed by atoms with Crippen molar-refractivity contribution < 1.29 is 4.79 Å². The van der Waals surface area contributed by atoms with Gasteiger partial charge in [0.15, 0.2) is 5.11 Å². The van der Waals surface area contributed by atoms with Gasteiger partial charge in [0.25, 0.3) is 0 Å². The molecule has 3 N–H and O–H groups in total. The maximum atomic E-state index is 10.4. The van der Waals surface area contributed by atoms with Crippen molar-refractivity contribution in [2.24, 2.45) is 0 Å². The van der Waals surface area contributed by atoms with E-state index in [2.05, 4.69) is 16.2 Å². The van der Waals surface area contributed by atoms with Crippen LogP contribution in [0.2, 0.25) is 0 Å². The molecule has 0 rings (SSSR count). The van der Waals surface area contributed by atoms with Gasteiger partial charge in [0.2, 0.25) is 5.91 Å². The Morgan fingerprint density at radius 3 is 2.55 bits per heavy atom. The molecule has 11 heavy (non-hydrogen) atoms. The van der Waals surface area contributed by atoms with Crippen molar-refractivity contribution in [2.45, 2.75) is 20.3 Å². The van der Waals surface area contributed by atoms with Crippen molar-refractivity contribution in [2.75, 3.05) is 6.54 Å². The summed E-state index contributed by atoms with van der Waals surface area (Å²) in [5.74, 6) is -0.161. The molecule has 1 amide bonds. The fourth-order valence-corrected chi connectivity index (χ4v) is 0.581. The van der Waals surface area contributed by atoms with E-state index >= 15 is 0 Å². The summed E-state index contributed by atoms with van der Waals surface area (Å²) in [7, 11) is 0. The molecule has 64 valence electrons. The Hall–Kier alpha value is -0.840. The predicted molar refractivity (Wildman–Crippen MR) is 47.8 cm³/mol. The molecule has 4 nitrogen and oxygen atoms in total. The van der Waals surface area contributed by atoms with Crippen molar-refractivity contribution in [1.29, 1.82) is 0 Å². The Balaban J connectivity index is 3.30. The van der Waals surface area contributed by atoms with Gasteiger partial charge in [-0.3, -0.25) is 15.6 Å². The van der Waals surface area contributed by atoms with E-state index in [-0.39, 0.29) is 5.91 Å². The van der Waals surface area contributed by atoms with Gasteiger partial charge in [-0.2, -0.15) is 0 Å². The van der Waals surface area contributed by atoms with Gasteiger partial charge in [-0.15, -0.1) is 0 Å². The molecule has 0 unspecified atom stereocenters. The monoisotopic (exact) mass is 175 g/mol. The van der Waals surface area contributed by atoms with E-state index < -0.39 is 0 Å². The molecule has 0 aromatic carbocycles.